The summed E-state index contributed by atoms with van der Waals surface area (Å²) in [6, 6.07) is 7.01. The quantitative estimate of drug-likeness (QED) is 0.819. The first-order valence-corrected chi connectivity index (χ1v) is 7.56. The van der Waals surface area contributed by atoms with Crippen LogP contribution in [0.1, 0.15) is 21.5 Å². The molecule has 0 aromatic heterocycles. The van der Waals surface area contributed by atoms with Crippen molar-refractivity contribution in [3.8, 4) is 0 Å². The molecule has 0 aliphatic carbocycles. The van der Waals surface area contributed by atoms with E-state index in [1.807, 2.05) is 18.3 Å². The summed E-state index contributed by atoms with van der Waals surface area (Å²) in [6.07, 6.45) is 0. The lowest BCUT2D eigenvalue weighted by molar-refractivity contribution is -0.123. The number of carbonyl (C=O) groups excluding carboxylic acids is 3. The summed E-state index contributed by atoms with van der Waals surface area (Å²) in [4.78, 5) is 35.1. The fourth-order valence-corrected chi connectivity index (χ4v) is 2.11. The minimum absolute atomic E-state index is 0.253. The van der Waals surface area contributed by atoms with E-state index in [9.17, 15) is 23.2 Å². The van der Waals surface area contributed by atoms with Crippen molar-refractivity contribution in [3.63, 3.8) is 0 Å². The molecule has 2 rings (SSSR count). The number of carbonyl (C=O) groups is 3. The van der Waals surface area contributed by atoms with Gasteiger partial charge in [-0.3, -0.25) is 10.1 Å². The first kappa shape index (κ1) is 19.0. The molecule has 0 radical (unpaired) electrons. The highest BCUT2D eigenvalue weighted by atomic mass is 19.2. The lowest BCUT2D eigenvalue weighted by Crippen LogP contribution is -2.37. The van der Waals surface area contributed by atoms with Gasteiger partial charge in [0.05, 0.1) is 5.56 Å². The number of rotatable bonds is 4. The Kier molecular flexibility index (Phi) is 6.00. The highest BCUT2D eigenvalue weighted by molar-refractivity contribution is 6.02. The summed E-state index contributed by atoms with van der Waals surface area (Å²) < 4.78 is 30.5. The number of urea groups is 1. The second-order valence-corrected chi connectivity index (χ2v) is 5.53. The normalized spacial score (nSPS) is 10.2. The van der Waals surface area contributed by atoms with Crippen LogP contribution >= 0.6 is 0 Å². The third kappa shape index (κ3) is 5.10. The van der Waals surface area contributed by atoms with Crippen LogP contribution < -0.4 is 10.6 Å². The van der Waals surface area contributed by atoms with E-state index in [0.29, 0.717) is 11.8 Å². The van der Waals surface area contributed by atoms with Crippen molar-refractivity contribution in [3.05, 3.63) is 64.7 Å². The fraction of sp³-hybridized carbons (Fsp3) is 0.167. The zero-order chi connectivity index (χ0) is 19.3. The van der Waals surface area contributed by atoms with E-state index in [1.165, 1.54) is 0 Å². The van der Waals surface area contributed by atoms with Gasteiger partial charge in [-0.25, -0.2) is 18.4 Å². The molecule has 136 valence electrons. The van der Waals surface area contributed by atoms with Crippen LogP contribution in [-0.2, 0) is 9.53 Å². The minimum atomic E-state index is -1.21. The lowest BCUT2D eigenvalue weighted by atomic mass is 10.1. The Bertz CT molecular complexity index is 868. The van der Waals surface area contributed by atoms with Crippen LogP contribution in [0.3, 0.4) is 0 Å². The van der Waals surface area contributed by atoms with Crippen molar-refractivity contribution in [2.45, 2.75) is 13.8 Å². The number of amides is 3. The molecule has 0 aliphatic heterocycles. The summed E-state index contributed by atoms with van der Waals surface area (Å²) in [7, 11) is 0. The van der Waals surface area contributed by atoms with Gasteiger partial charge in [-0.05, 0) is 43.7 Å². The second-order valence-electron chi connectivity index (χ2n) is 5.53. The minimum Gasteiger partial charge on any atom is -0.452 e. The van der Waals surface area contributed by atoms with Crippen molar-refractivity contribution in [1.82, 2.24) is 5.32 Å². The molecule has 0 aliphatic rings. The molecule has 2 aromatic carbocycles. The Hall–Kier alpha value is -3.29. The maximum atomic E-state index is 13.1. The average Bonchev–Trinajstić information content (AvgIpc) is 2.57. The SMILES string of the molecule is Cc1ccc(NC(=O)NC(=O)COC(=O)c2ccc(F)c(F)c2)c(C)c1. The number of ether oxygens (including phenoxy) is 1. The van der Waals surface area contributed by atoms with E-state index in [2.05, 4.69) is 10.1 Å². The van der Waals surface area contributed by atoms with Crippen LogP contribution in [0, 0.1) is 25.5 Å². The van der Waals surface area contributed by atoms with E-state index in [-0.39, 0.29) is 5.56 Å². The Morgan fingerprint density at radius 2 is 1.73 bits per heavy atom. The van der Waals surface area contributed by atoms with Gasteiger partial charge in [0.15, 0.2) is 18.2 Å². The Balaban J connectivity index is 1.85. The third-order valence-electron chi connectivity index (χ3n) is 3.37. The summed E-state index contributed by atoms with van der Waals surface area (Å²) in [5, 5.41) is 4.50. The zero-order valence-corrected chi connectivity index (χ0v) is 14.1. The first-order chi connectivity index (χ1) is 12.3. The van der Waals surface area contributed by atoms with Crippen LogP contribution in [0.15, 0.2) is 36.4 Å². The van der Waals surface area contributed by atoms with E-state index >= 15 is 0 Å². The highest BCUT2D eigenvalue weighted by Gasteiger charge is 2.14. The van der Waals surface area contributed by atoms with Gasteiger partial charge in [0.1, 0.15) is 0 Å². The molecule has 2 N–H and O–H groups in total. The summed E-state index contributed by atoms with van der Waals surface area (Å²) in [6.45, 7) is 2.95. The second kappa shape index (κ2) is 8.19. The molecule has 3 amide bonds. The molecule has 8 heteroatoms. The number of hydrogen-bond acceptors (Lipinski definition) is 4. The largest absolute Gasteiger partial charge is 0.452 e. The number of anilines is 1. The standard InChI is InChI=1S/C18H16F2N2O4/c1-10-3-6-15(11(2)7-10)21-18(25)22-16(23)9-26-17(24)12-4-5-13(19)14(20)8-12/h3-8H,9H2,1-2H3,(H2,21,22,23,25). The van der Waals surface area contributed by atoms with Crippen LogP contribution in [0.25, 0.3) is 0 Å². The molecule has 0 spiro atoms. The summed E-state index contributed by atoms with van der Waals surface area (Å²) in [5.74, 6) is -4.21. The zero-order valence-electron chi connectivity index (χ0n) is 14.1. The number of nitrogens with one attached hydrogen (secondary N) is 2. The molecule has 0 fully saturated rings. The van der Waals surface area contributed by atoms with Crippen LogP contribution in [0.4, 0.5) is 19.3 Å². The predicted molar refractivity (Wildman–Crippen MR) is 89.7 cm³/mol. The fourth-order valence-electron chi connectivity index (χ4n) is 2.11. The number of benzene rings is 2. The number of aryl methyl sites for hydroxylation is 2. The summed E-state index contributed by atoms with van der Waals surface area (Å²) >= 11 is 0. The molecular formula is C18H16F2N2O4. The molecule has 0 bridgehead atoms. The van der Waals surface area contributed by atoms with Crippen molar-refractivity contribution in [2.75, 3.05) is 11.9 Å². The molecular weight excluding hydrogens is 346 g/mol. The third-order valence-corrected chi connectivity index (χ3v) is 3.37. The predicted octanol–water partition coefficient (Wildman–Crippen LogP) is 3.09. The molecule has 0 heterocycles. The van der Waals surface area contributed by atoms with Gasteiger partial charge >= 0.3 is 12.0 Å². The number of imide groups is 1. The van der Waals surface area contributed by atoms with Gasteiger partial charge < -0.3 is 10.1 Å². The number of hydrogen-bond donors (Lipinski definition) is 2. The molecule has 26 heavy (non-hydrogen) atoms. The molecule has 2 aromatic rings. The Morgan fingerprint density at radius 1 is 1.00 bits per heavy atom. The topological polar surface area (TPSA) is 84.5 Å². The number of esters is 1. The van der Waals surface area contributed by atoms with Crippen molar-refractivity contribution in [1.29, 1.82) is 0 Å². The van der Waals surface area contributed by atoms with Gasteiger partial charge in [0.2, 0.25) is 0 Å². The first-order valence-electron chi connectivity index (χ1n) is 7.56. The van der Waals surface area contributed by atoms with Crippen LogP contribution in [0.5, 0.6) is 0 Å². The smallest absolute Gasteiger partial charge is 0.338 e. The van der Waals surface area contributed by atoms with E-state index in [4.69, 9.17) is 0 Å². The van der Waals surface area contributed by atoms with Gasteiger partial charge in [-0.1, -0.05) is 17.7 Å². The monoisotopic (exact) mass is 362 g/mol. The molecule has 0 saturated carbocycles. The van der Waals surface area contributed by atoms with Crippen molar-refractivity contribution in [2.24, 2.45) is 0 Å². The van der Waals surface area contributed by atoms with Crippen LogP contribution in [0.2, 0.25) is 0 Å². The molecule has 0 atom stereocenters. The Labute approximate surface area is 148 Å². The van der Waals surface area contributed by atoms with Crippen molar-refractivity contribution >= 4 is 23.6 Å². The maximum Gasteiger partial charge on any atom is 0.338 e. The van der Waals surface area contributed by atoms with E-state index in [1.54, 1.807) is 19.1 Å². The average molecular weight is 362 g/mol. The molecule has 0 unspecified atom stereocenters. The highest BCUT2D eigenvalue weighted by Crippen LogP contribution is 2.15. The lowest BCUT2D eigenvalue weighted by Gasteiger charge is -2.10. The van der Waals surface area contributed by atoms with Crippen LogP contribution in [-0.4, -0.2) is 24.5 Å². The van der Waals surface area contributed by atoms with E-state index in [0.717, 1.165) is 23.3 Å². The number of halogens is 2. The molecule has 6 nitrogen and oxygen atoms in total. The summed E-state index contributed by atoms with van der Waals surface area (Å²) in [5.41, 5.74) is 2.11. The van der Waals surface area contributed by atoms with Gasteiger partial charge in [0, 0.05) is 5.69 Å². The maximum absolute atomic E-state index is 13.1. The molecule has 0 saturated heterocycles. The van der Waals surface area contributed by atoms with Crippen molar-refractivity contribution < 1.29 is 27.9 Å². The van der Waals surface area contributed by atoms with Gasteiger partial charge in [0.25, 0.3) is 5.91 Å². The van der Waals surface area contributed by atoms with Gasteiger partial charge in [-0.2, -0.15) is 0 Å². The van der Waals surface area contributed by atoms with E-state index < -0.39 is 36.1 Å². The Morgan fingerprint density at radius 3 is 2.38 bits per heavy atom. The van der Waals surface area contributed by atoms with Gasteiger partial charge in [-0.15, -0.1) is 0 Å².